The molecule has 2 saturated heterocycles. The van der Waals surface area contributed by atoms with E-state index in [-0.39, 0.29) is 36.0 Å². The number of hydrogen-bond donors (Lipinski definition) is 1. The van der Waals surface area contributed by atoms with Gasteiger partial charge < -0.3 is 19.9 Å². The summed E-state index contributed by atoms with van der Waals surface area (Å²) in [6.45, 7) is 16.3. The van der Waals surface area contributed by atoms with Gasteiger partial charge in [0, 0.05) is 51.9 Å². The molecular formula is C19H38IN5O2. The Kier molecular flexibility index (Phi) is 11.6. The van der Waals surface area contributed by atoms with Gasteiger partial charge in [0.1, 0.15) is 6.10 Å². The third-order valence-corrected chi connectivity index (χ3v) is 5.22. The maximum Gasteiger partial charge on any atom is 0.251 e. The molecule has 1 N–H and O–H groups in total. The van der Waals surface area contributed by atoms with Crippen molar-refractivity contribution >= 4 is 35.8 Å². The molecule has 2 heterocycles. The van der Waals surface area contributed by atoms with Gasteiger partial charge in [0.2, 0.25) is 0 Å². The second-order valence-corrected chi connectivity index (χ2v) is 7.27. The van der Waals surface area contributed by atoms with Gasteiger partial charge in [-0.25, -0.2) is 0 Å². The molecular weight excluding hydrogens is 457 g/mol. The molecule has 0 aromatic heterocycles. The van der Waals surface area contributed by atoms with E-state index < -0.39 is 0 Å². The van der Waals surface area contributed by atoms with Crippen molar-refractivity contribution in [3.05, 3.63) is 0 Å². The minimum absolute atomic E-state index is 0. The van der Waals surface area contributed by atoms with Gasteiger partial charge in [-0.3, -0.25) is 14.7 Å². The molecule has 27 heavy (non-hydrogen) atoms. The fourth-order valence-corrected chi connectivity index (χ4v) is 3.61. The average Bonchev–Trinajstić information content (AvgIpc) is 3.18. The van der Waals surface area contributed by atoms with Crippen molar-refractivity contribution in [3.63, 3.8) is 0 Å². The average molecular weight is 495 g/mol. The smallest absolute Gasteiger partial charge is 0.251 e. The quantitative estimate of drug-likeness (QED) is 0.331. The number of guanidine groups is 1. The molecule has 2 aliphatic heterocycles. The molecule has 0 aromatic rings. The minimum atomic E-state index is -0.209. The number of hydrogen-bond acceptors (Lipinski definition) is 4. The number of rotatable bonds is 7. The zero-order valence-electron chi connectivity index (χ0n) is 17.4. The summed E-state index contributed by atoms with van der Waals surface area (Å²) in [5.41, 5.74) is 0. The maximum atomic E-state index is 12.5. The van der Waals surface area contributed by atoms with Crippen LogP contribution >= 0.6 is 24.0 Å². The predicted octanol–water partition coefficient (Wildman–Crippen LogP) is 1.62. The molecule has 1 unspecified atom stereocenters. The third kappa shape index (κ3) is 7.38. The van der Waals surface area contributed by atoms with Gasteiger partial charge in [-0.2, -0.15) is 0 Å². The van der Waals surface area contributed by atoms with E-state index in [0.717, 1.165) is 77.8 Å². The van der Waals surface area contributed by atoms with Gasteiger partial charge in [-0.1, -0.05) is 6.92 Å². The highest BCUT2D eigenvalue weighted by Gasteiger charge is 2.30. The van der Waals surface area contributed by atoms with Crippen LogP contribution in [0.1, 0.15) is 40.5 Å². The Labute approximate surface area is 181 Å². The molecule has 0 aliphatic carbocycles. The minimum Gasteiger partial charge on any atom is -0.368 e. The fraction of sp³-hybridized carbons (Fsp3) is 0.895. The van der Waals surface area contributed by atoms with E-state index in [1.165, 1.54) is 0 Å². The van der Waals surface area contributed by atoms with Gasteiger partial charge in [-0.05, 0) is 40.2 Å². The molecule has 7 nitrogen and oxygen atoms in total. The number of aliphatic imine (C=N–C) groups is 1. The van der Waals surface area contributed by atoms with Crippen LogP contribution < -0.4 is 5.32 Å². The van der Waals surface area contributed by atoms with Crippen molar-refractivity contribution in [3.8, 4) is 0 Å². The first-order valence-corrected chi connectivity index (χ1v) is 10.2. The summed E-state index contributed by atoms with van der Waals surface area (Å²) in [5, 5.41) is 3.40. The van der Waals surface area contributed by atoms with Crippen molar-refractivity contribution in [2.45, 2.75) is 52.7 Å². The first-order valence-electron chi connectivity index (χ1n) is 10.2. The van der Waals surface area contributed by atoms with E-state index >= 15 is 0 Å². The lowest BCUT2D eigenvalue weighted by Crippen LogP contribution is -2.55. The molecule has 2 fully saturated rings. The second kappa shape index (κ2) is 12.8. The maximum absolute atomic E-state index is 12.5. The molecule has 2 aliphatic rings. The standard InChI is InChI=1S/C19H37N5O2.HI/c1-5-20-19(21-9-10-22(6-2)16(3)4)24-13-11-23(12-14-24)18(25)17-8-7-15-26-17;/h16-17H,5-15H2,1-4H3,(H,20,21);1H. The summed E-state index contributed by atoms with van der Waals surface area (Å²) in [6, 6.07) is 0.546. The Morgan fingerprint density at radius 3 is 2.41 bits per heavy atom. The van der Waals surface area contributed by atoms with Crippen LogP contribution in [0.3, 0.4) is 0 Å². The van der Waals surface area contributed by atoms with E-state index in [1.807, 2.05) is 4.90 Å². The van der Waals surface area contributed by atoms with Crippen molar-refractivity contribution in [1.82, 2.24) is 20.0 Å². The van der Waals surface area contributed by atoms with Crippen molar-refractivity contribution in [2.24, 2.45) is 4.99 Å². The Morgan fingerprint density at radius 1 is 1.22 bits per heavy atom. The van der Waals surface area contributed by atoms with E-state index in [2.05, 4.69) is 42.8 Å². The predicted molar refractivity (Wildman–Crippen MR) is 121 cm³/mol. The second-order valence-electron chi connectivity index (χ2n) is 7.27. The van der Waals surface area contributed by atoms with Crippen LogP contribution in [0.4, 0.5) is 0 Å². The zero-order valence-corrected chi connectivity index (χ0v) is 19.8. The number of nitrogens with one attached hydrogen (secondary N) is 1. The number of likely N-dealkylation sites (N-methyl/N-ethyl adjacent to an activating group) is 1. The van der Waals surface area contributed by atoms with Gasteiger partial charge in [0.05, 0.1) is 6.54 Å². The van der Waals surface area contributed by atoms with E-state index in [4.69, 9.17) is 9.73 Å². The first kappa shape index (κ1) is 24.4. The van der Waals surface area contributed by atoms with E-state index in [1.54, 1.807) is 0 Å². The molecule has 8 heteroatoms. The summed E-state index contributed by atoms with van der Waals surface area (Å²) in [4.78, 5) is 23.9. The van der Waals surface area contributed by atoms with Crippen LogP contribution in [-0.2, 0) is 9.53 Å². The lowest BCUT2D eigenvalue weighted by molar-refractivity contribution is -0.142. The van der Waals surface area contributed by atoms with Crippen LogP contribution in [0, 0.1) is 0 Å². The van der Waals surface area contributed by atoms with Crippen molar-refractivity contribution in [1.29, 1.82) is 0 Å². The van der Waals surface area contributed by atoms with Gasteiger partial charge >= 0.3 is 0 Å². The van der Waals surface area contributed by atoms with E-state index in [9.17, 15) is 4.79 Å². The lowest BCUT2D eigenvalue weighted by atomic mass is 10.2. The Morgan fingerprint density at radius 2 is 1.89 bits per heavy atom. The summed E-state index contributed by atoms with van der Waals surface area (Å²) >= 11 is 0. The summed E-state index contributed by atoms with van der Waals surface area (Å²) in [7, 11) is 0. The van der Waals surface area contributed by atoms with Crippen LogP contribution in [-0.4, -0.2) is 97.7 Å². The number of carbonyl (C=O) groups is 1. The highest BCUT2D eigenvalue weighted by molar-refractivity contribution is 14.0. The number of ether oxygens (including phenoxy) is 1. The first-order chi connectivity index (χ1) is 12.6. The number of amides is 1. The molecule has 0 bridgehead atoms. The van der Waals surface area contributed by atoms with Gasteiger partial charge in [-0.15, -0.1) is 24.0 Å². The SMILES string of the molecule is CCNC(=NCCN(CC)C(C)C)N1CCN(C(=O)C2CCCO2)CC1.I. The summed E-state index contributed by atoms with van der Waals surface area (Å²) < 4.78 is 5.54. The molecule has 0 spiro atoms. The van der Waals surface area contributed by atoms with Gasteiger partial charge in [0.15, 0.2) is 5.96 Å². The highest BCUT2D eigenvalue weighted by atomic mass is 127. The normalized spacial score (nSPS) is 21.0. The van der Waals surface area contributed by atoms with Crippen LogP contribution in [0.2, 0.25) is 0 Å². The number of nitrogens with zero attached hydrogens (tertiary/aromatic N) is 4. The summed E-state index contributed by atoms with van der Waals surface area (Å²) in [6.07, 6.45) is 1.66. The van der Waals surface area contributed by atoms with Crippen LogP contribution in [0.15, 0.2) is 4.99 Å². The highest BCUT2D eigenvalue weighted by Crippen LogP contribution is 2.16. The molecule has 2 rings (SSSR count). The van der Waals surface area contributed by atoms with Crippen LogP contribution in [0.25, 0.3) is 0 Å². The topological polar surface area (TPSA) is 60.4 Å². The van der Waals surface area contributed by atoms with E-state index in [0.29, 0.717) is 6.04 Å². The molecule has 0 aromatic carbocycles. The molecule has 1 atom stereocenters. The Balaban J connectivity index is 0.00000364. The largest absolute Gasteiger partial charge is 0.368 e. The fourth-order valence-electron chi connectivity index (χ4n) is 3.61. The third-order valence-electron chi connectivity index (χ3n) is 5.22. The molecule has 158 valence electrons. The van der Waals surface area contributed by atoms with Crippen molar-refractivity contribution in [2.75, 3.05) is 59.0 Å². The Bertz CT molecular complexity index is 461. The number of carbonyl (C=O) groups excluding carboxylic acids is 1. The van der Waals surface area contributed by atoms with Crippen LogP contribution in [0.5, 0.6) is 0 Å². The number of piperazine rings is 1. The summed E-state index contributed by atoms with van der Waals surface area (Å²) in [5.74, 6) is 1.14. The molecule has 0 radical (unpaired) electrons. The molecule has 0 saturated carbocycles. The monoisotopic (exact) mass is 495 g/mol. The lowest BCUT2D eigenvalue weighted by Gasteiger charge is -2.37. The van der Waals surface area contributed by atoms with Crippen molar-refractivity contribution < 1.29 is 9.53 Å². The number of halogens is 1. The Hall–Kier alpha value is -0.610. The molecule has 1 amide bonds. The van der Waals surface area contributed by atoms with Gasteiger partial charge in [0.25, 0.3) is 5.91 Å². The zero-order chi connectivity index (χ0) is 18.9.